The van der Waals surface area contributed by atoms with Crippen molar-refractivity contribution >= 4 is 5.91 Å². The van der Waals surface area contributed by atoms with Crippen molar-refractivity contribution in [2.75, 3.05) is 6.61 Å². The summed E-state index contributed by atoms with van der Waals surface area (Å²) in [4.78, 5) is 16.1. The molecule has 0 aliphatic carbocycles. The third kappa shape index (κ3) is 3.07. The Bertz CT molecular complexity index is 405. The number of carbonyl (C=O) groups excluding carboxylic acids is 1. The Morgan fingerprint density at radius 2 is 2.39 bits per heavy atom. The van der Waals surface area contributed by atoms with Crippen LogP contribution in [0, 0.1) is 12.8 Å². The molecule has 1 aliphatic rings. The van der Waals surface area contributed by atoms with Gasteiger partial charge in [-0.15, -0.1) is 0 Å². The molecule has 1 saturated heterocycles. The minimum absolute atomic E-state index is 0.0115. The van der Waals surface area contributed by atoms with Crippen molar-refractivity contribution in [1.82, 2.24) is 15.5 Å². The number of rotatable bonds is 4. The second-order valence-corrected chi connectivity index (χ2v) is 4.52. The SMILES string of the molecule is CCC1OCCCC1C(=O)NCc1nc(C)no1. The van der Waals surface area contributed by atoms with Gasteiger partial charge in [0.2, 0.25) is 11.8 Å². The third-order valence-electron chi connectivity index (χ3n) is 3.16. The molecule has 2 rings (SSSR count). The molecule has 1 aromatic heterocycles. The highest BCUT2D eigenvalue weighted by atomic mass is 16.5. The summed E-state index contributed by atoms with van der Waals surface area (Å²) in [7, 11) is 0. The molecule has 18 heavy (non-hydrogen) atoms. The molecule has 6 nitrogen and oxygen atoms in total. The molecule has 1 fully saturated rings. The number of carbonyl (C=O) groups is 1. The van der Waals surface area contributed by atoms with Crippen LogP contribution >= 0.6 is 0 Å². The Labute approximate surface area is 106 Å². The van der Waals surface area contributed by atoms with Gasteiger partial charge in [0.1, 0.15) is 0 Å². The predicted molar refractivity (Wildman–Crippen MR) is 63.6 cm³/mol. The lowest BCUT2D eigenvalue weighted by Gasteiger charge is -2.29. The topological polar surface area (TPSA) is 77.2 Å². The monoisotopic (exact) mass is 253 g/mol. The van der Waals surface area contributed by atoms with E-state index < -0.39 is 0 Å². The van der Waals surface area contributed by atoms with Crippen LogP contribution in [-0.2, 0) is 16.1 Å². The number of hydrogen-bond donors (Lipinski definition) is 1. The van der Waals surface area contributed by atoms with Crippen LogP contribution in [0.15, 0.2) is 4.52 Å². The largest absolute Gasteiger partial charge is 0.377 e. The van der Waals surface area contributed by atoms with E-state index in [1.165, 1.54) is 0 Å². The minimum Gasteiger partial charge on any atom is -0.377 e. The van der Waals surface area contributed by atoms with Gasteiger partial charge in [-0.3, -0.25) is 4.79 Å². The molecule has 2 heterocycles. The number of nitrogens with one attached hydrogen (secondary N) is 1. The van der Waals surface area contributed by atoms with E-state index in [-0.39, 0.29) is 24.5 Å². The van der Waals surface area contributed by atoms with E-state index in [9.17, 15) is 4.79 Å². The average Bonchev–Trinajstić information content (AvgIpc) is 2.81. The molecular formula is C12H19N3O3. The van der Waals surface area contributed by atoms with Crippen LogP contribution in [0.5, 0.6) is 0 Å². The first-order valence-electron chi connectivity index (χ1n) is 6.39. The molecule has 1 N–H and O–H groups in total. The van der Waals surface area contributed by atoms with E-state index in [0.717, 1.165) is 25.9 Å². The van der Waals surface area contributed by atoms with Crippen molar-refractivity contribution in [3.05, 3.63) is 11.7 Å². The number of ether oxygens (including phenoxy) is 1. The predicted octanol–water partition coefficient (Wildman–Crippen LogP) is 1.20. The molecule has 1 aliphatic heterocycles. The molecule has 6 heteroatoms. The number of aromatic nitrogens is 2. The smallest absolute Gasteiger partial charge is 0.246 e. The van der Waals surface area contributed by atoms with Gasteiger partial charge in [0.15, 0.2) is 5.82 Å². The van der Waals surface area contributed by atoms with Crippen LogP contribution in [0.2, 0.25) is 0 Å². The molecule has 0 aromatic carbocycles. The van der Waals surface area contributed by atoms with Gasteiger partial charge in [-0.25, -0.2) is 0 Å². The molecule has 0 radical (unpaired) electrons. The zero-order chi connectivity index (χ0) is 13.0. The Morgan fingerprint density at radius 1 is 1.56 bits per heavy atom. The molecule has 2 atom stereocenters. The van der Waals surface area contributed by atoms with Crippen molar-refractivity contribution in [3.8, 4) is 0 Å². The maximum Gasteiger partial charge on any atom is 0.246 e. The zero-order valence-corrected chi connectivity index (χ0v) is 10.8. The maximum absolute atomic E-state index is 12.1. The highest BCUT2D eigenvalue weighted by Gasteiger charge is 2.30. The Morgan fingerprint density at radius 3 is 3.06 bits per heavy atom. The van der Waals surface area contributed by atoms with Crippen LogP contribution in [0.25, 0.3) is 0 Å². The van der Waals surface area contributed by atoms with E-state index in [2.05, 4.69) is 15.5 Å². The van der Waals surface area contributed by atoms with Crippen molar-refractivity contribution in [2.24, 2.45) is 5.92 Å². The van der Waals surface area contributed by atoms with Crippen molar-refractivity contribution in [2.45, 2.75) is 45.8 Å². The highest BCUT2D eigenvalue weighted by molar-refractivity contribution is 5.79. The molecule has 1 amide bonds. The molecule has 0 spiro atoms. The van der Waals surface area contributed by atoms with Crippen LogP contribution in [0.1, 0.15) is 37.9 Å². The summed E-state index contributed by atoms with van der Waals surface area (Å²) in [6, 6.07) is 0. The lowest BCUT2D eigenvalue weighted by Crippen LogP contribution is -2.41. The number of nitrogens with zero attached hydrogens (tertiary/aromatic N) is 2. The summed E-state index contributed by atoms with van der Waals surface area (Å²) < 4.78 is 10.6. The van der Waals surface area contributed by atoms with E-state index in [4.69, 9.17) is 9.26 Å². The quantitative estimate of drug-likeness (QED) is 0.872. The van der Waals surface area contributed by atoms with Gasteiger partial charge >= 0.3 is 0 Å². The van der Waals surface area contributed by atoms with E-state index in [1.807, 2.05) is 6.92 Å². The number of aryl methyl sites for hydroxylation is 1. The summed E-state index contributed by atoms with van der Waals surface area (Å²) in [5.41, 5.74) is 0. The fourth-order valence-electron chi connectivity index (χ4n) is 2.25. The van der Waals surface area contributed by atoms with E-state index >= 15 is 0 Å². The second-order valence-electron chi connectivity index (χ2n) is 4.52. The summed E-state index contributed by atoms with van der Waals surface area (Å²) >= 11 is 0. The number of amides is 1. The average molecular weight is 253 g/mol. The summed E-state index contributed by atoms with van der Waals surface area (Å²) in [6.07, 6.45) is 2.71. The normalized spacial score (nSPS) is 23.9. The first-order chi connectivity index (χ1) is 8.70. The molecular weight excluding hydrogens is 234 g/mol. The molecule has 100 valence electrons. The van der Waals surface area contributed by atoms with Crippen LogP contribution in [0.3, 0.4) is 0 Å². The van der Waals surface area contributed by atoms with Gasteiger partial charge in [-0.2, -0.15) is 4.98 Å². The summed E-state index contributed by atoms with van der Waals surface area (Å²) in [5.74, 6) is 0.961. The van der Waals surface area contributed by atoms with Gasteiger partial charge in [0, 0.05) is 6.61 Å². The van der Waals surface area contributed by atoms with Crippen molar-refractivity contribution in [1.29, 1.82) is 0 Å². The zero-order valence-electron chi connectivity index (χ0n) is 10.8. The molecule has 2 unspecified atom stereocenters. The third-order valence-corrected chi connectivity index (χ3v) is 3.16. The fourth-order valence-corrected chi connectivity index (χ4v) is 2.25. The molecule has 0 saturated carbocycles. The lowest BCUT2D eigenvalue weighted by atomic mass is 9.92. The maximum atomic E-state index is 12.1. The first kappa shape index (κ1) is 13.0. The number of hydrogen-bond acceptors (Lipinski definition) is 5. The van der Waals surface area contributed by atoms with Crippen LogP contribution in [0.4, 0.5) is 0 Å². The minimum atomic E-state index is -0.0623. The van der Waals surface area contributed by atoms with Crippen LogP contribution < -0.4 is 5.32 Å². The standard InChI is InChI=1S/C12H19N3O3/c1-3-10-9(5-4-6-17-10)12(16)13-7-11-14-8(2)15-18-11/h9-10H,3-7H2,1-2H3,(H,13,16). The van der Waals surface area contributed by atoms with Crippen molar-refractivity contribution < 1.29 is 14.1 Å². The van der Waals surface area contributed by atoms with Gasteiger partial charge < -0.3 is 14.6 Å². The lowest BCUT2D eigenvalue weighted by molar-refractivity contribution is -0.134. The summed E-state index contributed by atoms with van der Waals surface area (Å²) in [5, 5.41) is 6.51. The fraction of sp³-hybridized carbons (Fsp3) is 0.750. The molecule has 1 aromatic rings. The van der Waals surface area contributed by atoms with E-state index in [0.29, 0.717) is 11.7 Å². The highest BCUT2D eigenvalue weighted by Crippen LogP contribution is 2.23. The molecule has 0 bridgehead atoms. The Kier molecular flexibility index (Phi) is 4.30. The van der Waals surface area contributed by atoms with Gasteiger partial charge in [0.25, 0.3) is 0 Å². The van der Waals surface area contributed by atoms with Gasteiger partial charge in [0.05, 0.1) is 18.6 Å². The first-order valence-corrected chi connectivity index (χ1v) is 6.39. The second kappa shape index (κ2) is 5.95. The van der Waals surface area contributed by atoms with Gasteiger partial charge in [-0.1, -0.05) is 12.1 Å². The van der Waals surface area contributed by atoms with Gasteiger partial charge in [-0.05, 0) is 26.2 Å². The van der Waals surface area contributed by atoms with E-state index in [1.54, 1.807) is 6.92 Å². The Hall–Kier alpha value is -1.43. The Balaban J connectivity index is 1.86. The van der Waals surface area contributed by atoms with Crippen molar-refractivity contribution in [3.63, 3.8) is 0 Å². The summed E-state index contributed by atoms with van der Waals surface area (Å²) in [6.45, 7) is 4.83. The van der Waals surface area contributed by atoms with Crippen LogP contribution in [-0.4, -0.2) is 28.8 Å².